The van der Waals surface area contributed by atoms with Crippen molar-refractivity contribution in [2.45, 2.75) is 0 Å². The Morgan fingerprint density at radius 2 is 0.792 bits per heavy atom. The van der Waals surface area contributed by atoms with Gasteiger partial charge in [0.15, 0.2) is 0 Å². The lowest BCUT2D eigenvalue weighted by atomic mass is 10.6. The zero-order valence-corrected chi connectivity index (χ0v) is 13.9. The molecular weight excluding hydrogens is 304 g/mol. The summed E-state index contributed by atoms with van der Waals surface area (Å²) in [6.45, 7) is 7.55. The van der Waals surface area contributed by atoms with E-state index in [1.807, 2.05) is 0 Å². The van der Waals surface area contributed by atoms with E-state index in [1.54, 1.807) is 0 Å². The quantitative estimate of drug-likeness (QED) is 0.535. The molecule has 5 aliphatic heterocycles. The zero-order valence-electron chi connectivity index (χ0n) is 13.9. The Morgan fingerprint density at radius 1 is 0.458 bits per heavy atom. The maximum atomic E-state index is 2.36. The molecule has 0 saturated carbocycles. The fourth-order valence-electron chi connectivity index (χ4n) is 3.73. The fourth-order valence-corrected chi connectivity index (χ4v) is 3.73. The number of hydrogen-bond acceptors (Lipinski definition) is 6. The van der Waals surface area contributed by atoms with E-state index in [-0.39, 0.29) is 0 Å². The van der Waals surface area contributed by atoms with Gasteiger partial charge in [0.1, 0.15) is 0 Å². The van der Waals surface area contributed by atoms with Gasteiger partial charge >= 0.3 is 6.67 Å². The van der Waals surface area contributed by atoms with Gasteiger partial charge in [-0.2, -0.15) is 9.15 Å². The van der Waals surface area contributed by atoms with Crippen molar-refractivity contribution in [3.05, 3.63) is 37.2 Å². The third-order valence-corrected chi connectivity index (χ3v) is 4.86. The topological polar surface area (TPSA) is 25.5 Å². The van der Waals surface area contributed by atoms with Crippen molar-refractivity contribution in [3.63, 3.8) is 0 Å². The zero-order chi connectivity index (χ0) is 15.9. The van der Waals surface area contributed by atoms with Crippen molar-refractivity contribution in [3.8, 4) is 0 Å². The van der Waals surface area contributed by atoms with Crippen LogP contribution in [-0.2, 0) is 0 Å². The number of fused-ring (bicyclic) bond motifs is 8. The molecule has 0 amide bonds. The molecule has 0 aromatic rings. The molecule has 8 nitrogen and oxygen atoms in total. The first-order chi connectivity index (χ1) is 11.8. The first kappa shape index (κ1) is 13.8. The SMILES string of the molecule is C1=CN2CN1CN1C=CN(C1)C[N+]1=CC=[N+](CN3C=CN(C2)C3)C1. The highest BCUT2D eigenvalue weighted by atomic mass is 15.5. The van der Waals surface area contributed by atoms with E-state index in [0.717, 1.165) is 53.3 Å². The predicted octanol–water partition coefficient (Wildman–Crippen LogP) is -0.893. The van der Waals surface area contributed by atoms with Crippen LogP contribution >= 0.6 is 0 Å². The maximum Gasteiger partial charge on any atom is 0.337 e. The first-order valence-corrected chi connectivity index (χ1v) is 8.46. The lowest BCUT2D eigenvalue weighted by molar-refractivity contribution is -0.724. The molecule has 24 heavy (non-hydrogen) atoms. The van der Waals surface area contributed by atoms with E-state index in [1.165, 1.54) is 0 Å². The second kappa shape index (κ2) is 5.47. The minimum Gasteiger partial charge on any atom is -0.341 e. The molecule has 0 atom stereocenters. The molecule has 0 unspecified atom stereocenters. The Kier molecular flexibility index (Phi) is 3.14. The Balaban J connectivity index is 1.32. The van der Waals surface area contributed by atoms with Gasteiger partial charge in [-0.3, -0.25) is 0 Å². The molecule has 0 N–H and O–H groups in total. The van der Waals surface area contributed by atoms with E-state index in [0.29, 0.717) is 0 Å². The van der Waals surface area contributed by atoms with E-state index in [4.69, 9.17) is 0 Å². The van der Waals surface area contributed by atoms with Crippen LogP contribution in [0.15, 0.2) is 37.2 Å². The lowest BCUT2D eigenvalue weighted by Gasteiger charge is -2.29. The molecular formula is C16H24N8+2. The second-order valence-corrected chi connectivity index (χ2v) is 7.03. The van der Waals surface area contributed by atoms with Crippen molar-refractivity contribution >= 4 is 12.4 Å². The number of hydrogen-bond donors (Lipinski definition) is 0. The van der Waals surface area contributed by atoms with E-state index < -0.39 is 0 Å². The molecule has 0 aromatic carbocycles. The molecule has 5 rings (SSSR count). The van der Waals surface area contributed by atoms with Crippen molar-refractivity contribution in [2.75, 3.05) is 53.3 Å². The fraction of sp³-hybridized carbons (Fsp3) is 0.500. The van der Waals surface area contributed by atoms with Gasteiger partial charge < -0.3 is 29.4 Å². The van der Waals surface area contributed by atoms with Gasteiger partial charge in [-0.25, -0.2) is 0 Å². The molecule has 0 spiro atoms. The summed E-state index contributed by atoms with van der Waals surface area (Å²) in [5, 5.41) is 0. The first-order valence-electron chi connectivity index (χ1n) is 8.46. The van der Waals surface area contributed by atoms with Gasteiger partial charge in [-0.1, -0.05) is 0 Å². The highest BCUT2D eigenvalue weighted by Crippen LogP contribution is 2.15. The monoisotopic (exact) mass is 328 g/mol. The highest BCUT2D eigenvalue weighted by Gasteiger charge is 2.28. The molecule has 0 aliphatic carbocycles. The Bertz CT molecular complexity index is 609. The van der Waals surface area contributed by atoms with Gasteiger partial charge in [0.25, 0.3) is 0 Å². The molecule has 126 valence electrons. The van der Waals surface area contributed by atoms with E-state index >= 15 is 0 Å². The normalized spacial score (nSPS) is 25.3. The van der Waals surface area contributed by atoms with Crippen LogP contribution in [0.3, 0.4) is 0 Å². The second-order valence-electron chi connectivity index (χ2n) is 7.03. The smallest absolute Gasteiger partial charge is 0.337 e. The molecule has 5 heterocycles. The van der Waals surface area contributed by atoms with Crippen LogP contribution < -0.4 is 0 Å². The summed E-state index contributed by atoms with van der Waals surface area (Å²) in [5.41, 5.74) is 0. The summed E-state index contributed by atoms with van der Waals surface area (Å²) >= 11 is 0. The third kappa shape index (κ3) is 2.68. The molecule has 8 bridgehead atoms. The van der Waals surface area contributed by atoms with Crippen LogP contribution in [0.2, 0.25) is 0 Å². The van der Waals surface area contributed by atoms with Gasteiger partial charge in [-0.15, -0.1) is 0 Å². The minimum atomic E-state index is 0.934. The van der Waals surface area contributed by atoms with Crippen LogP contribution in [0.25, 0.3) is 0 Å². The summed E-state index contributed by atoms with van der Waals surface area (Å²) < 4.78 is 4.71. The van der Waals surface area contributed by atoms with Crippen LogP contribution in [0.5, 0.6) is 0 Å². The van der Waals surface area contributed by atoms with Crippen molar-refractivity contribution in [1.29, 1.82) is 0 Å². The standard InChI is InChI=1S/C16H24N8/c1-2-18-9-17(1)13-19-3-4-21(10-19)15-23-7-8-24(12-23)16-22-6-5-20(11-22)14-18/h1-8H,9-16H2/q+2. The van der Waals surface area contributed by atoms with Gasteiger partial charge in [0, 0.05) is 37.2 Å². The minimum absolute atomic E-state index is 0.934. The van der Waals surface area contributed by atoms with Gasteiger partial charge in [0.2, 0.25) is 25.8 Å². The Labute approximate surface area is 142 Å². The van der Waals surface area contributed by atoms with Crippen LogP contribution in [-0.4, -0.2) is 104 Å². The van der Waals surface area contributed by atoms with Gasteiger partial charge in [0.05, 0.1) is 33.3 Å². The van der Waals surface area contributed by atoms with Crippen LogP contribution in [0.1, 0.15) is 0 Å². The summed E-state index contributed by atoms with van der Waals surface area (Å²) in [7, 11) is 0. The number of rotatable bonds is 0. The van der Waals surface area contributed by atoms with Gasteiger partial charge in [-0.05, 0) is 0 Å². The molecule has 0 aromatic heterocycles. The average Bonchev–Trinajstić information content (AvgIpc) is 3.32. The molecule has 0 radical (unpaired) electrons. The Hall–Kier alpha value is -2.64. The largest absolute Gasteiger partial charge is 0.341 e. The van der Waals surface area contributed by atoms with Crippen LogP contribution in [0.4, 0.5) is 0 Å². The van der Waals surface area contributed by atoms with Crippen molar-refractivity contribution < 1.29 is 9.15 Å². The molecule has 1 saturated heterocycles. The summed E-state index contributed by atoms with van der Waals surface area (Å²) in [6, 6.07) is 0. The summed E-state index contributed by atoms with van der Waals surface area (Å²) in [6.07, 6.45) is 17.6. The molecule has 5 aliphatic rings. The van der Waals surface area contributed by atoms with Crippen molar-refractivity contribution in [2.24, 2.45) is 0 Å². The van der Waals surface area contributed by atoms with E-state index in [2.05, 4.69) is 88.2 Å². The number of nitrogens with zero attached hydrogens (tertiary/aromatic N) is 8. The van der Waals surface area contributed by atoms with Crippen LogP contribution in [0, 0.1) is 0 Å². The molecule has 8 heteroatoms. The third-order valence-electron chi connectivity index (χ3n) is 4.86. The van der Waals surface area contributed by atoms with Crippen molar-refractivity contribution in [1.82, 2.24) is 29.4 Å². The maximum absolute atomic E-state index is 2.36. The Morgan fingerprint density at radius 3 is 1.21 bits per heavy atom. The highest BCUT2D eigenvalue weighted by molar-refractivity contribution is 6.11. The predicted molar refractivity (Wildman–Crippen MR) is 90.0 cm³/mol. The average molecular weight is 328 g/mol. The lowest BCUT2D eigenvalue weighted by Crippen LogP contribution is -2.41. The van der Waals surface area contributed by atoms with E-state index in [9.17, 15) is 0 Å². The molecule has 1 fully saturated rings. The summed E-state index contributed by atoms with van der Waals surface area (Å²) in [4.78, 5) is 14.1. The summed E-state index contributed by atoms with van der Waals surface area (Å²) in [5.74, 6) is 0.